The first-order valence-electron chi connectivity index (χ1n) is 6.41. The molecule has 0 saturated carbocycles. The number of amides is 1. The third kappa shape index (κ3) is 3.00. The predicted octanol–water partition coefficient (Wildman–Crippen LogP) is -0.456. The molecule has 0 aromatic heterocycles. The molecule has 2 saturated heterocycles. The van der Waals surface area contributed by atoms with Crippen LogP contribution < -0.4 is 5.32 Å². The summed E-state index contributed by atoms with van der Waals surface area (Å²) in [7, 11) is 0. The summed E-state index contributed by atoms with van der Waals surface area (Å²) >= 11 is 0. The second-order valence-electron chi connectivity index (χ2n) is 5.12. The van der Waals surface area contributed by atoms with E-state index in [1.165, 1.54) is 0 Å². The highest BCUT2D eigenvalue weighted by Crippen LogP contribution is 2.20. The third-order valence-corrected chi connectivity index (χ3v) is 3.69. The van der Waals surface area contributed by atoms with Crippen LogP contribution in [0, 0.1) is 11.8 Å². The van der Waals surface area contributed by atoms with Crippen molar-refractivity contribution in [3.63, 3.8) is 0 Å². The van der Waals surface area contributed by atoms with Gasteiger partial charge in [-0.25, -0.2) is 0 Å². The summed E-state index contributed by atoms with van der Waals surface area (Å²) in [5.74, 6) is -0.386. The van der Waals surface area contributed by atoms with Crippen LogP contribution in [0.15, 0.2) is 0 Å². The van der Waals surface area contributed by atoms with E-state index in [-0.39, 0.29) is 24.3 Å². The number of nitrogens with one attached hydrogen (secondary N) is 1. The molecule has 2 rings (SSSR count). The minimum absolute atomic E-state index is 0.0218. The van der Waals surface area contributed by atoms with E-state index in [2.05, 4.69) is 12.2 Å². The summed E-state index contributed by atoms with van der Waals surface area (Å²) in [5.41, 5.74) is 0. The highest BCUT2D eigenvalue weighted by atomic mass is 16.5. The van der Waals surface area contributed by atoms with Gasteiger partial charge in [0.2, 0.25) is 5.91 Å². The monoisotopic (exact) mass is 256 g/mol. The first-order valence-corrected chi connectivity index (χ1v) is 6.41. The Morgan fingerprint density at radius 2 is 2.22 bits per heavy atom. The number of carboxylic acid groups (broad SMARTS) is 1. The molecule has 2 aliphatic heterocycles. The zero-order chi connectivity index (χ0) is 13.1. The zero-order valence-electron chi connectivity index (χ0n) is 10.6. The predicted molar refractivity (Wildman–Crippen MR) is 64.1 cm³/mol. The van der Waals surface area contributed by atoms with Crippen molar-refractivity contribution in [2.24, 2.45) is 11.8 Å². The number of carbonyl (C=O) groups excluding carboxylic acids is 1. The molecule has 0 bridgehead atoms. The maximum atomic E-state index is 12.3. The molecule has 18 heavy (non-hydrogen) atoms. The molecule has 3 atom stereocenters. The summed E-state index contributed by atoms with van der Waals surface area (Å²) < 4.78 is 5.37. The number of nitrogens with zero attached hydrogens (tertiary/aromatic N) is 1. The highest BCUT2D eigenvalue weighted by molar-refractivity contribution is 5.80. The quantitative estimate of drug-likeness (QED) is 0.714. The van der Waals surface area contributed by atoms with Crippen LogP contribution in [-0.4, -0.2) is 60.8 Å². The van der Waals surface area contributed by atoms with Gasteiger partial charge < -0.3 is 20.1 Å². The third-order valence-electron chi connectivity index (χ3n) is 3.69. The molecular formula is C12H20N2O4. The molecule has 0 aromatic rings. The van der Waals surface area contributed by atoms with Gasteiger partial charge in [-0.05, 0) is 12.5 Å². The molecule has 102 valence electrons. The first kappa shape index (κ1) is 13.3. The maximum absolute atomic E-state index is 12.3. The molecule has 2 fully saturated rings. The number of carbonyl (C=O) groups is 2. The Kier molecular flexibility index (Phi) is 4.19. The number of aliphatic carboxylic acids is 1. The lowest BCUT2D eigenvalue weighted by atomic mass is 9.96. The second kappa shape index (κ2) is 5.67. The van der Waals surface area contributed by atoms with E-state index in [0.717, 1.165) is 13.1 Å². The van der Waals surface area contributed by atoms with Crippen LogP contribution in [0.1, 0.15) is 13.3 Å². The zero-order valence-corrected chi connectivity index (χ0v) is 10.6. The fraction of sp³-hybridized carbons (Fsp3) is 0.833. The van der Waals surface area contributed by atoms with Gasteiger partial charge in [-0.2, -0.15) is 0 Å². The lowest BCUT2D eigenvalue weighted by Gasteiger charge is -2.34. The number of carboxylic acids is 1. The van der Waals surface area contributed by atoms with Crippen LogP contribution in [0.4, 0.5) is 0 Å². The average Bonchev–Trinajstić information content (AvgIpc) is 2.74. The molecule has 6 nitrogen and oxygen atoms in total. The van der Waals surface area contributed by atoms with Crippen molar-refractivity contribution < 1.29 is 19.4 Å². The van der Waals surface area contributed by atoms with Gasteiger partial charge >= 0.3 is 5.97 Å². The number of rotatable bonds is 3. The molecule has 6 heteroatoms. The first-order chi connectivity index (χ1) is 8.58. The van der Waals surface area contributed by atoms with Crippen molar-refractivity contribution in [3.05, 3.63) is 0 Å². The fourth-order valence-corrected chi connectivity index (χ4v) is 2.61. The minimum atomic E-state index is -0.884. The number of ether oxygens (including phenoxy) is 1. The van der Waals surface area contributed by atoms with Gasteiger partial charge in [0.25, 0.3) is 0 Å². The fourth-order valence-electron chi connectivity index (χ4n) is 2.61. The van der Waals surface area contributed by atoms with Crippen LogP contribution in [-0.2, 0) is 14.3 Å². The van der Waals surface area contributed by atoms with Crippen molar-refractivity contribution in [3.8, 4) is 0 Å². The number of hydrogen-bond donors (Lipinski definition) is 2. The summed E-state index contributed by atoms with van der Waals surface area (Å²) in [6.07, 6.45) is -0.410. The van der Waals surface area contributed by atoms with Crippen LogP contribution >= 0.6 is 0 Å². The largest absolute Gasteiger partial charge is 0.481 e. The van der Waals surface area contributed by atoms with Gasteiger partial charge in [-0.3, -0.25) is 9.59 Å². The lowest BCUT2D eigenvalue weighted by Crippen LogP contribution is -2.49. The van der Waals surface area contributed by atoms with Crippen molar-refractivity contribution in [2.45, 2.75) is 19.4 Å². The summed E-state index contributed by atoms with van der Waals surface area (Å²) in [6, 6.07) is 0. The Balaban J connectivity index is 1.91. The lowest BCUT2D eigenvalue weighted by molar-refractivity contribution is -0.150. The van der Waals surface area contributed by atoms with E-state index in [4.69, 9.17) is 9.84 Å². The van der Waals surface area contributed by atoms with E-state index >= 15 is 0 Å². The molecular weight excluding hydrogens is 236 g/mol. The summed E-state index contributed by atoms with van der Waals surface area (Å²) in [4.78, 5) is 24.7. The Morgan fingerprint density at radius 3 is 2.83 bits per heavy atom. The normalized spacial score (nSPS) is 32.5. The van der Waals surface area contributed by atoms with Gasteiger partial charge in [0.05, 0.1) is 25.0 Å². The van der Waals surface area contributed by atoms with Gasteiger partial charge in [0.15, 0.2) is 0 Å². The van der Waals surface area contributed by atoms with Crippen LogP contribution in [0.25, 0.3) is 0 Å². The topological polar surface area (TPSA) is 78.9 Å². The molecule has 0 spiro atoms. The Hall–Kier alpha value is -1.14. The van der Waals surface area contributed by atoms with Gasteiger partial charge in [-0.1, -0.05) is 6.92 Å². The van der Waals surface area contributed by atoms with E-state index in [1.54, 1.807) is 4.90 Å². The van der Waals surface area contributed by atoms with Crippen molar-refractivity contribution >= 4 is 11.9 Å². The Labute approximate surface area is 106 Å². The summed E-state index contributed by atoms with van der Waals surface area (Å²) in [6.45, 7) is 5.06. The Morgan fingerprint density at radius 1 is 1.44 bits per heavy atom. The molecule has 0 aromatic carbocycles. The molecule has 3 unspecified atom stereocenters. The number of hydrogen-bond acceptors (Lipinski definition) is 4. The molecule has 0 aliphatic carbocycles. The van der Waals surface area contributed by atoms with Crippen LogP contribution in [0.2, 0.25) is 0 Å². The van der Waals surface area contributed by atoms with Crippen LogP contribution in [0.3, 0.4) is 0 Å². The van der Waals surface area contributed by atoms with E-state index < -0.39 is 5.97 Å². The van der Waals surface area contributed by atoms with Crippen molar-refractivity contribution in [1.29, 1.82) is 0 Å². The SMILES string of the molecule is CC1CNCC1C(=O)N1CCOC(CC(=O)O)C1. The van der Waals surface area contributed by atoms with E-state index in [9.17, 15) is 9.59 Å². The highest BCUT2D eigenvalue weighted by Gasteiger charge is 2.35. The van der Waals surface area contributed by atoms with Crippen molar-refractivity contribution in [1.82, 2.24) is 10.2 Å². The van der Waals surface area contributed by atoms with Crippen molar-refractivity contribution in [2.75, 3.05) is 32.8 Å². The maximum Gasteiger partial charge on any atom is 0.306 e. The van der Waals surface area contributed by atoms with Gasteiger partial charge in [0.1, 0.15) is 0 Å². The minimum Gasteiger partial charge on any atom is -0.481 e. The number of morpholine rings is 1. The average molecular weight is 256 g/mol. The van der Waals surface area contributed by atoms with E-state index in [1.807, 2.05) is 0 Å². The molecule has 2 N–H and O–H groups in total. The Bertz CT molecular complexity index is 334. The molecule has 2 heterocycles. The van der Waals surface area contributed by atoms with Gasteiger partial charge in [0, 0.05) is 19.6 Å². The second-order valence-corrected chi connectivity index (χ2v) is 5.12. The van der Waals surface area contributed by atoms with Gasteiger partial charge in [-0.15, -0.1) is 0 Å². The van der Waals surface area contributed by atoms with E-state index in [0.29, 0.717) is 25.6 Å². The smallest absolute Gasteiger partial charge is 0.306 e. The molecule has 2 aliphatic rings. The standard InChI is InChI=1S/C12H20N2O4/c1-8-5-13-6-10(8)12(17)14-2-3-18-9(7-14)4-11(15)16/h8-10,13H,2-7H2,1H3,(H,15,16). The molecule has 1 amide bonds. The molecule has 0 radical (unpaired) electrons. The summed E-state index contributed by atoms with van der Waals surface area (Å²) in [5, 5.41) is 12.0. The van der Waals surface area contributed by atoms with Crippen LogP contribution in [0.5, 0.6) is 0 Å².